The minimum atomic E-state index is -3.56. The Morgan fingerprint density at radius 1 is 1.12 bits per heavy atom. The molecule has 1 aliphatic heterocycles. The van der Waals surface area contributed by atoms with E-state index in [4.69, 9.17) is 0 Å². The quantitative estimate of drug-likeness (QED) is 0.698. The summed E-state index contributed by atoms with van der Waals surface area (Å²) in [4.78, 5) is 12.8. The third kappa shape index (κ3) is 4.39. The second-order valence-electron chi connectivity index (χ2n) is 6.01. The third-order valence-electron chi connectivity index (χ3n) is 4.23. The molecule has 1 heterocycles. The number of benzene rings is 2. The summed E-state index contributed by atoms with van der Waals surface area (Å²) in [6, 6.07) is 15.9. The Bertz CT molecular complexity index is 856. The van der Waals surface area contributed by atoms with Crippen molar-refractivity contribution in [1.82, 2.24) is 4.31 Å². The van der Waals surface area contributed by atoms with E-state index in [1.165, 1.54) is 4.31 Å². The molecule has 0 bridgehead atoms. The number of nitrogens with zero attached hydrogens (tertiary/aromatic N) is 1. The van der Waals surface area contributed by atoms with Crippen LogP contribution in [0.3, 0.4) is 0 Å². The molecule has 2 aromatic carbocycles. The number of anilines is 1. The molecule has 1 N–H and O–H groups in total. The first-order chi connectivity index (χ1) is 12.0. The molecule has 1 saturated heterocycles. The van der Waals surface area contributed by atoms with E-state index in [9.17, 15) is 13.2 Å². The van der Waals surface area contributed by atoms with Gasteiger partial charge >= 0.3 is 0 Å². The molecule has 7 heteroatoms. The Hall–Kier alpha value is -1.45. The van der Waals surface area contributed by atoms with Crippen LogP contribution in [-0.2, 0) is 14.8 Å². The molecule has 0 saturated carbocycles. The summed E-state index contributed by atoms with van der Waals surface area (Å²) < 4.78 is 28.0. The standard InChI is InChI=1S/C18H19IN2O3S/c19-15-7-4-8-16(12-15)20-18(22)14-6-5-11-21(13-14)25(23,24)17-9-2-1-3-10-17/h1-4,7-10,12,14H,5-6,11,13H2,(H,20,22). The molecule has 132 valence electrons. The van der Waals surface area contributed by atoms with Crippen molar-refractivity contribution in [3.05, 3.63) is 58.2 Å². The molecule has 0 spiro atoms. The molecule has 1 amide bonds. The number of hydrogen-bond acceptors (Lipinski definition) is 3. The summed E-state index contributed by atoms with van der Waals surface area (Å²) in [7, 11) is -3.56. The normalized spacial score (nSPS) is 18.7. The van der Waals surface area contributed by atoms with Crippen LogP contribution in [0.25, 0.3) is 0 Å². The summed E-state index contributed by atoms with van der Waals surface area (Å²) in [5.74, 6) is -0.472. The number of sulfonamides is 1. The monoisotopic (exact) mass is 470 g/mol. The molecular formula is C18H19IN2O3S. The van der Waals surface area contributed by atoms with Gasteiger partial charge < -0.3 is 5.32 Å². The predicted octanol–water partition coefficient (Wildman–Crippen LogP) is 3.33. The molecule has 1 aliphatic rings. The van der Waals surface area contributed by atoms with E-state index in [1.807, 2.05) is 24.3 Å². The van der Waals surface area contributed by atoms with Gasteiger partial charge in [-0.15, -0.1) is 0 Å². The number of carbonyl (C=O) groups is 1. The number of hydrogen-bond donors (Lipinski definition) is 1. The Balaban J connectivity index is 1.71. The van der Waals surface area contributed by atoms with Gasteiger partial charge in [-0.2, -0.15) is 4.31 Å². The van der Waals surface area contributed by atoms with Crippen molar-refractivity contribution in [1.29, 1.82) is 0 Å². The molecule has 5 nitrogen and oxygen atoms in total. The van der Waals surface area contributed by atoms with Gasteiger partial charge in [-0.05, 0) is 65.8 Å². The van der Waals surface area contributed by atoms with Crippen LogP contribution in [0, 0.1) is 9.49 Å². The summed E-state index contributed by atoms with van der Waals surface area (Å²) >= 11 is 2.19. The number of piperidine rings is 1. The largest absolute Gasteiger partial charge is 0.326 e. The maximum absolute atomic E-state index is 12.8. The summed E-state index contributed by atoms with van der Waals surface area (Å²) in [6.07, 6.45) is 1.37. The Morgan fingerprint density at radius 2 is 1.88 bits per heavy atom. The molecule has 1 atom stereocenters. The minimum Gasteiger partial charge on any atom is -0.326 e. The van der Waals surface area contributed by atoms with Gasteiger partial charge in [0, 0.05) is 22.3 Å². The number of amides is 1. The van der Waals surface area contributed by atoms with Gasteiger partial charge in [-0.25, -0.2) is 8.42 Å². The average Bonchev–Trinajstić information content (AvgIpc) is 2.62. The summed E-state index contributed by atoms with van der Waals surface area (Å²) in [6.45, 7) is 0.664. The van der Waals surface area contributed by atoms with E-state index in [0.29, 0.717) is 19.4 Å². The van der Waals surface area contributed by atoms with E-state index in [2.05, 4.69) is 27.9 Å². The lowest BCUT2D eigenvalue weighted by Crippen LogP contribution is -2.43. The molecule has 0 aromatic heterocycles. The Morgan fingerprint density at radius 3 is 2.60 bits per heavy atom. The first-order valence-electron chi connectivity index (χ1n) is 8.08. The zero-order chi connectivity index (χ0) is 17.9. The van der Waals surface area contributed by atoms with Crippen molar-refractivity contribution in [3.63, 3.8) is 0 Å². The maximum atomic E-state index is 12.8. The fraction of sp³-hybridized carbons (Fsp3) is 0.278. The van der Waals surface area contributed by atoms with Gasteiger partial charge in [0.2, 0.25) is 15.9 Å². The van der Waals surface area contributed by atoms with Crippen LogP contribution in [-0.4, -0.2) is 31.7 Å². The Kier molecular flexibility index (Phi) is 5.75. The van der Waals surface area contributed by atoms with Crippen molar-refractivity contribution in [3.8, 4) is 0 Å². The van der Waals surface area contributed by atoms with Crippen LogP contribution in [0.15, 0.2) is 59.5 Å². The fourth-order valence-electron chi connectivity index (χ4n) is 2.93. The molecule has 1 fully saturated rings. The van der Waals surface area contributed by atoms with Crippen LogP contribution >= 0.6 is 22.6 Å². The van der Waals surface area contributed by atoms with Crippen LogP contribution < -0.4 is 5.32 Å². The smallest absolute Gasteiger partial charge is 0.243 e. The van der Waals surface area contributed by atoms with Gasteiger partial charge in [-0.3, -0.25) is 4.79 Å². The fourth-order valence-corrected chi connectivity index (χ4v) is 5.01. The van der Waals surface area contributed by atoms with E-state index in [1.54, 1.807) is 30.3 Å². The van der Waals surface area contributed by atoms with Gasteiger partial charge in [-0.1, -0.05) is 24.3 Å². The second kappa shape index (κ2) is 7.84. The SMILES string of the molecule is O=C(Nc1cccc(I)c1)C1CCCN(S(=O)(=O)c2ccccc2)C1. The first-order valence-corrected chi connectivity index (χ1v) is 10.6. The maximum Gasteiger partial charge on any atom is 0.243 e. The Labute approximate surface area is 161 Å². The number of carbonyl (C=O) groups excluding carboxylic acids is 1. The number of nitrogens with one attached hydrogen (secondary N) is 1. The van der Waals surface area contributed by atoms with E-state index in [0.717, 1.165) is 9.26 Å². The van der Waals surface area contributed by atoms with Gasteiger partial charge in [0.1, 0.15) is 0 Å². The molecule has 0 aliphatic carbocycles. The highest BCUT2D eigenvalue weighted by Crippen LogP contribution is 2.25. The average molecular weight is 470 g/mol. The van der Waals surface area contributed by atoms with Crippen molar-refractivity contribution < 1.29 is 13.2 Å². The van der Waals surface area contributed by atoms with Gasteiger partial charge in [0.25, 0.3) is 0 Å². The summed E-state index contributed by atoms with van der Waals surface area (Å²) in [5, 5.41) is 2.90. The van der Waals surface area contributed by atoms with E-state index in [-0.39, 0.29) is 23.3 Å². The van der Waals surface area contributed by atoms with Crippen molar-refractivity contribution >= 4 is 44.2 Å². The molecule has 3 rings (SSSR count). The highest BCUT2D eigenvalue weighted by Gasteiger charge is 2.33. The van der Waals surface area contributed by atoms with Crippen LogP contribution in [0.1, 0.15) is 12.8 Å². The number of rotatable bonds is 4. The molecular weight excluding hydrogens is 451 g/mol. The van der Waals surface area contributed by atoms with Crippen LogP contribution in [0.5, 0.6) is 0 Å². The van der Waals surface area contributed by atoms with Gasteiger partial charge in [0.15, 0.2) is 0 Å². The third-order valence-corrected chi connectivity index (χ3v) is 6.78. The topological polar surface area (TPSA) is 66.5 Å². The molecule has 25 heavy (non-hydrogen) atoms. The highest BCUT2D eigenvalue weighted by molar-refractivity contribution is 14.1. The highest BCUT2D eigenvalue weighted by atomic mass is 127. The van der Waals surface area contributed by atoms with E-state index >= 15 is 0 Å². The zero-order valence-electron chi connectivity index (χ0n) is 13.6. The lowest BCUT2D eigenvalue weighted by atomic mass is 9.99. The van der Waals surface area contributed by atoms with Crippen molar-refractivity contribution in [2.75, 3.05) is 18.4 Å². The van der Waals surface area contributed by atoms with Crippen LogP contribution in [0.2, 0.25) is 0 Å². The zero-order valence-corrected chi connectivity index (χ0v) is 16.5. The van der Waals surface area contributed by atoms with Gasteiger partial charge in [0.05, 0.1) is 10.8 Å². The minimum absolute atomic E-state index is 0.130. The van der Waals surface area contributed by atoms with Crippen molar-refractivity contribution in [2.45, 2.75) is 17.7 Å². The first kappa shape index (κ1) is 18.3. The van der Waals surface area contributed by atoms with Crippen molar-refractivity contribution in [2.24, 2.45) is 5.92 Å². The molecule has 1 unspecified atom stereocenters. The van der Waals surface area contributed by atoms with E-state index < -0.39 is 10.0 Å². The van der Waals surface area contributed by atoms with Crippen LogP contribution in [0.4, 0.5) is 5.69 Å². The lowest BCUT2D eigenvalue weighted by molar-refractivity contribution is -0.120. The lowest BCUT2D eigenvalue weighted by Gasteiger charge is -2.31. The summed E-state index contributed by atoms with van der Waals surface area (Å²) in [5.41, 5.74) is 0.736. The molecule has 0 radical (unpaired) electrons. The number of halogens is 1. The predicted molar refractivity (Wildman–Crippen MR) is 106 cm³/mol. The molecule has 2 aromatic rings. The second-order valence-corrected chi connectivity index (χ2v) is 9.20.